The van der Waals surface area contributed by atoms with Gasteiger partial charge in [0, 0.05) is 11.6 Å². The van der Waals surface area contributed by atoms with E-state index in [4.69, 9.17) is 0 Å². The molecular weight excluding hydrogens is 368 g/mol. The molecule has 1 aliphatic rings. The molecule has 2 rings (SSSR count). The Kier molecular flexibility index (Phi) is 6.59. The summed E-state index contributed by atoms with van der Waals surface area (Å²) in [7, 11) is -3.67. The van der Waals surface area contributed by atoms with Crippen molar-refractivity contribution in [2.24, 2.45) is 10.9 Å². The van der Waals surface area contributed by atoms with Crippen LogP contribution in [0.4, 0.5) is 0 Å². The first kappa shape index (κ1) is 20.9. The number of benzene rings is 1. The second-order valence-electron chi connectivity index (χ2n) is 6.85. The fourth-order valence-corrected chi connectivity index (χ4v) is 3.92. The van der Waals surface area contributed by atoms with Crippen molar-refractivity contribution in [1.29, 1.82) is 0 Å². The second kappa shape index (κ2) is 8.51. The van der Waals surface area contributed by atoms with Crippen LogP contribution in [0.15, 0.2) is 34.2 Å². The van der Waals surface area contributed by atoms with Crippen LogP contribution in [0.5, 0.6) is 0 Å². The van der Waals surface area contributed by atoms with E-state index in [9.17, 15) is 18.0 Å². The molecule has 1 aliphatic heterocycles. The third kappa shape index (κ3) is 5.06. The average molecular weight is 394 g/mol. The Bertz CT molecular complexity index is 849. The highest BCUT2D eigenvalue weighted by Gasteiger charge is 2.33. The summed E-state index contributed by atoms with van der Waals surface area (Å²) in [4.78, 5) is 28.9. The molecule has 9 heteroatoms. The second-order valence-corrected chi connectivity index (χ2v) is 8.50. The summed E-state index contributed by atoms with van der Waals surface area (Å²) in [5, 5.41) is 5.28. The summed E-state index contributed by atoms with van der Waals surface area (Å²) in [6, 6.07) is 5.65. The van der Waals surface area contributed by atoms with E-state index in [1.54, 1.807) is 18.2 Å². The lowest BCUT2D eigenvalue weighted by molar-refractivity contribution is -0.127. The van der Waals surface area contributed by atoms with Crippen molar-refractivity contribution in [3.05, 3.63) is 29.8 Å². The number of hydrogen-bond donors (Lipinski definition) is 3. The maximum absolute atomic E-state index is 12.6. The summed E-state index contributed by atoms with van der Waals surface area (Å²) in [5.74, 6) is -0.694. The van der Waals surface area contributed by atoms with Crippen LogP contribution in [0.3, 0.4) is 0 Å². The fourth-order valence-electron chi connectivity index (χ4n) is 2.68. The van der Waals surface area contributed by atoms with E-state index >= 15 is 0 Å². The summed E-state index contributed by atoms with van der Waals surface area (Å²) in [6.45, 7) is 7.28. The molecule has 0 unspecified atom stereocenters. The van der Waals surface area contributed by atoms with Gasteiger partial charge >= 0.3 is 0 Å². The van der Waals surface area contributed by atoms with E-state index in [0.717, 1.165) is 0 Å². The number of sulfonamides is 1. The van der Waals surface area contributed by atoms with Crippen LogP contribution >= 0.6 is 0 Å². The smallest absolute Gasteiger partial charge is 0.263 e. The Morgan fingerprint density at radius 2 is 1.85 bits per heavy atom. The van der Waals surface area contributed by atoms with Gasteiger partial charge < -0.3 is 10.6 Å². The molecule has 8 nitrogen and oxygen atoms in total. The number of carbonyl (C=O) groups excluding carboxylic acids is 2. The van der Waals surface area contributed by atoms with Crippen LogP contribution in [0.25, 0.3) is 0 Å². The summed E-state index contributed by atoms with van der Waals surface area (Å²) >= 11 is 0. The highest BCUT2D eigenvalue weighted by atomic mass is 32.2. The summed E-state index contributed by atoms with van der Waals surface area (Å²) in [5.41, 5.74) is 0.441. The average Bonchev–Trinajstić information content (AvgIpc) is 2.87. The molecule has 0 saturated carbocycles. The van der Waals surface area contributed by atoms with Crippen molar-refractivity contribution >= 4 is 27.7 Å². The van der Waals surface area contributed by atoms with Crippen molar-refractivity contribution in [3.63, 3.8) is 0 Å². The van der Waals surface area contributed by atoms with Gasteiger partial charge in [-0.1, -0.05) is 32.4 Å². The van der Waals surface area contributed by atoms with Gasteiger partial charge in [-0.25, -0.2) is 8.42 Å². The van der Waals surface area contributed by atoms with Crippen LogP contribution in [-0.4, -0.2) is 44.7 Å². The Hall–Kier alpha value is -2.42. The molecule has 1 heterocycles. The number of rotatable bonds is 7. The van der Waals surface area contributed by atoms with E-state index in [1.165, 1.54) is 6.07 Å². The molecule has 2 atom stereocenters. The fraction of sp³-hybridized carbons (Fsp3) is 0.500. The highest BCUT2D eigenvalue weighted by Crippen LogP contribution is 2.24. The normalized spacial score (nSPS) is 18.5. The number of aliphatic imine (C=N–C) groups is 1. The van der Waals surface area contributed by atoms with E-state index < -0.39 is 22.0 Å². The predicted octanol–water partition coefficient (Wildman–Crippen LogP) is 0.781. The number of fused-ring (bicyclic) bond motifs is 1. The lowest BCUT2D eigenvalue weighted by Gasteiger charge is -2.19. The minimum atomic E-state index is -3.67. The van der Waals surface area contributed by atoms with Gasteiger partial charge in [0.1, 0.15) is 11.9 Å². The zero-order chi connectivity index (χ0) is 20.2. The first-order chi connectivity index (χ1) is 12.7. The molecule has 0 radical (unpaired) electrons. The van der Waals surface area contributed by atoms with Crippen LogP contribution < -0.4 is 15.4 Å². The molecule has 1 aromatic rings. The van der Waals surface area contributed by atoms with Crippen molar-refractivity contribution < 1.29 is 18.0 Å². The van der Waals surface area contributed by atoms with Gasteiger partial charge in [-0.15, -0.1) is 0 Å². The van der Waals surface area contributed by atoms with Gasteiger partial charge in [0.25, 0.3) is 10.0 Å². The number of nitrogens with one attached hydrogen (secondary N) is 3. The minimum absolute atomic E-state index is 0.0237. The van der Waals surface area contributed by atoms with E-state index in [-0.39, 0.29) is 35.1 Å². The van der Waals surface area contributed by atoms with E-state index in [1.807, 2.05) is 27.7 Å². The van der Waals surface area contributed by atoms with Crippen molar-refractivity contribution in [1.82, 2.24) is 15.4 Å². The van der Waals surface area contributed by atoms with E-state index in [2.05, 4.69) is 20.3 Å². The Balaban J connectivity index is 2.24. The maximum atomic E-state index is 12.6. The molecule has 0 fully saturated rings. The zero-order valence-electron chi connectivity index (χ0n) is 15.9. The molecule has 0 aromatic heterocycles. The molecule has 27 heavy (non-hydrogen) atoms. The molecular formula is C18H26N4O4S. The highest BCUT2D eigenvalue weighted by molar-refractivity contribution is 7.90. The van der Waals surface area contributed by atoms with Gasteiger partial charge in [-0.2, -0.15) is 0 Å². The Labute approximate surface area is 159 Å². The van der Waals surface area contributed by atoms with Gasteiger partial charge in [-0.05, 0) is 31.9 Å². The number of hydrogen-bond acceptors (Lipinski definition) is 5. The van der Waals surface area contributed by atoms with E-state index in [0.29, 0.717) is 12.0 Å². The zero-order valence-corrected chi connectivity index (χ0v) is 16.8. The van der Waals surface area contributed by atoms with Crippen molar-refractivity contribution in [2.45, 2.75) is 51.1 Å². The Morgan fingerprint density at radius 1 is 1.19 bits per heavy atom. The molecule has 0 saturated heterocycles. The standard InChI is InChI=1S/C18H26N4O4S/c1-5-12(4)16(18(24)19-10-15(23)20-11(2)3)21-17-13-8-6-7-9-14(13)27(25,26)22-17/h6-9,11-12,16H,5,10H2,1-4H3,(H,19,24)(H,20,23)(H,21,22)/t12-,16-/m0/s1. The van der Waals surface area contributed by atoms with Gasteiger partial charge in [-0.3, -0.25) is 19.3 Å². The summed E-state index contributed by atoms with van der Waals surface area (Å²) in [6.07, 6.45) is 0.668. The van der Waals surface area contributed by atoms with Gasteiger partial charge in [0.15, 0.2) is 0 Å². The third-order valence-corrected chi connectivity index (χ3v) is 5.65. The number of nitrogens with zero attached hydrogens (tertiary/aromatic N) is 1. The third-order valence-electron chi connectivity index (χ3n) is 4.26. The number of carbonyl (C=O) groups is 2. The first-order valence-corrected chi connectivity index (χ1v) is 10.4. The number of amidine groups is 1. The van der Waals surface area contributed by atoms with Crippen molar-refractivity contribution in [3.8, 4) is 0 Å². The molecule has 0 bridgehead atoms. The molecule has 148 valence electrons. The quantitative estimate of drug-likeness (QED) is 0.633. The number of amides is 2. The lowest BCUT2D eigenvalue weighted by atomic mass is 9.98. The van der Waals surface area contributed by atoms with Crippen molar-refractivity contribution in [2.75, 3.05) is 6.54 Å². The molecule has 1 aromatic carbocycles. The topological polar surface area (TPSA) is 117 Å². The van der Waals surface area contributed by atoms with Gasteiger partial charge in [0.05, 0.1) is 11.4 Å². The predicted molar refractivity (Wildman–Crippen MR) is 103 cm³/mol. The Morgan fingerprint density at radius 3 is 2.48 bits per heavy atom. The molecule has 0 aliphatic carbocycles. The molecule has 3 N–H and O–H groups in total. The first-order valence-electron chi connectivity index (χ1n) is 8.92. The molecule has 2 amide bonds. The van der Waals surface area contributed by atoms with Crippen LogP contribution in [0.1, 0.15) is 39.7 Å². The largest absolute Gasteiger partial charge is 0.352 e. The van der Waals surface area contributed by atoms with Crippen LogP contribution in [-0.2, 0) is 19.6 Å². The maximum Gasteiger partial charge on any atom is 0.263 e. The minimum Gasteiger partial charge on any atom is -0.352 e. The van der Waals surface area contributed by atoms with Crippen LogP contribution in [0.2, 0.25) is 0 Å². The summed E-state index contributed by atoms with van der Waals surface area (Å²) < 4.78 is 26.9. The SMILES string of the molecule is CC[C@H](C)[C@H](N=C1NS(=O)(=O)c2ccccc21)C(=O)NCC(=O)NC(C)C. The molecule has 0 spiro atoms. The van der Waals surface area contributed by atoms with Gasteiger partial charge in [0.2, 0.25) is 11.8 Å². The monoisotopic (exact) mass is 394 g/mol. The van der Waals surface area contributed by atoms with Crippen LogP contribution in [0, 0.1) is 5.92 Å². The lowest BCUT2D eigenvalue weighted by Crippen LogP contribution is -2.44.